The van der Waals surface area contributed by atoms with Gasteiger partial charge < -0.3 is 15.8 Å². The molecule has 3 N–H and O–H groups in total. The van der Waals surface area contributed by atoms with E-state index in [0.29, 0.717) is 5.41 Å². The van der Waals surface area contributed by atoms with Crippen molar-refractivity contribution in [3.05, 3.63) is 0 Å². The van der Waals surface area contributed by atoms with Crippen LogP contribution in [0.1, 0.15) is 25.7 Å². The van der Waals surface area contributed by atoms with Crippen LogP contribution in [0.2, 0.25) is 0 Å². The molecule has 0 radical (unpaired) electrons. The van der Waals surface area contributed by atoms with E-state index in [1.54, 1.807) is 0 Å². The lowest BCUT2D eigenvalue weighted by molar-refractivity contribution is 0.0191. The Kier molecular flexibility index (Phi) is 2.86. The molecule has 13 heavy (non-hydrogen) atoms. The number of rotatable bonds is 4. The van der Waals surface area contributed by atoms with E-state index in [-0.39, 0.29) is 0 Å². The van der Waals surface area contributed by atoms with Crippen LogP contribution in [-0.2, 0) is 4.74 Å². The van der Waals surface area contributed by atoms with Gasteiger partial charge in [-0.25, -0.2) is 0 Å². The first kappa shape index (κ1) is 9.44. The van der Waals surface area contributed by atoms with Gasteiger partial charge in [-0.3, -0.25) is 0 Å². The molecule has 0 aromatic heterocycles. The molecule has 1 aliphatic carbocycles. The Bertz CT molecular complexity index is 162. The monoisotopic (exact) mass is 184 g/mol. The Balaban J connectivity index is 1.80. The predicted octanol–water partition coefficient (Wildman–Crippen LogP) is 0.494. The van der Waals surface area contributed by atoms with Gasteiger partial charge in [-0.1, -0.05) is 0 Å². The van der Waals surface area contributed by atoms with Crippen molar-refractivity contribution in [2.24, 2.45) is 11.1 Å². The van der Waals surface area contributed by atoms with Crippen LogP contribution >= 0.6 is 0 Å². The van der Waals surface area contributed by atoms with Crippen molar-refractivity contribution < 1.29 is 4.74 Å². The molecule has 0 amide bonds. The van der Waals surface area contributed by atoms with Crippen molar-refractivity contribution >= 4 is 0 Å². The second kappa shape index (κ2) is 3.95. The third kappa shape index (κ3) is 2.42. The molecule has 0 aromatic rings. The first-order valence-electron chi connectivity index (χ1n) is 5.36. The van der Waals surface area contributed by atoms with E-state index in [9.17, 15) is 0 Å². The summed E-state index contributed by atoms with van der Waals surface area (Å²) in [6, 6.07) is 0.797. The largest absolute Gasteiger partial charge is 0.381 e. The minimum Gasteiger partial charge on any atom is -0.381 e. The molecule has 1 saturated heterocycles. The highest BCUT2D eigenvalue weighted by molar-refractivity contribution is 4.89. The van der Waals surface area contributed by atoms with Gasteiger partial charge in [0.1, 0.15) is 0 Å². The van der Waals surface area contributed by atoms with Crippen LogP contribution in [-0.4, -0.2) is 32.3 Å². The van der Waals surface area contributed by atoms with Crippen LogP contribution in [0.15, 0.2) is 0 Å². The highest BCUT2D eigenvalue weighted by Gasteiger charge is 2.33. The summed E-state index contributed by atoms with van der Waals surface area (Å²) in [7, 11) is 0. The van der Waals surface area contributed by atoms with E-state index >= 15 is 0 Å². The van der Waals surface area contributed by atoms with Gasteiger partial charge in [0.15, 0.2) is 0 Å². The van der Waals surface area contributed by atoms with Gasteiger partial charge in [0.25, 0.3) is 0 Å². The third-order valence-electron chi connectivity index (χ3n) is 3.33. The summed E-state index contributed by atoms with van der Waals surface area (Å²) < 4.78 is 5.37. The molecular formula is C10H20N2O. The highest BCUT2D eigenvalue weighted by atomic mass is 16.5. The van der Waals surface area contributed by atoms with Gasteiger partial charge in [-0.05, 0) is 37.6 Å². The summed E-state index contributed by atoms with van der Waals surface area (Å²) in [5, 5.41) is 3.58. The van der Waals surface area contributed by atoms with Crippen LogP contribution in [0, 0.1) is 5.41 Å². The highest BCUT2D eigenvalue weighted by Crippen LogP contribution is 2.30. The van der Waals surface area contributed by atoms with E-state index < -0.39 is 0 Å². The van der Waals surface area contributed by atoms with Gasteiger partial charge >= 0.3 is 0 Å². The topological polar surface area (TPSA) is 47.3 Å². The van der Waals surface area contributed by atoms with Crippen molar-refractivity contribution in [3.63, 3.8) is 0 Å². The lowest BCUT2D eigenvalue weighted by Crippen LogP contribution is -2.44. The Morgan fingerprint density at radius 1 is 1.31 bits per heavy atom. The summed E-state index contributed by atoms with van der Waals surface area (Å²) in [4.78, 5) is 0. The third-order valence-corrected chi connectivity index (χ3v) is 3.33. The number of nitrogens with one attached hydrogen (secondary N) is 1. The summed E-state index contributed by atoms with van der Waals surface area (Å²) in [6.45, 7) is 3.68. The number of ether oxygens (including phenoxy) is 1. The average Bonchev–Trinajstić information content (AvgIpc) is 3.00. The zero-order valence-electron chi connectivity index (χ0n) is 8.22. The van der Waals surface area contributed by atoms with Gasteiger partial charge in [0.05, 0.1) is 0 Å². The molecule has 2 aliphatic rings. The van der Waals surface area contributed by atoms with Crippen LogP contribution in [0.3, 0.4) is 0 Å². The molecule has 0 unspecified atom stereocenters. The van der Waals surface area contributed by atoms with Gasteiger partial charge in [0.2, 0.25) is 0 Å². The molecule has 0 spiro atoms. The van der Waals surface area contributed by atoms with E-state index in [2.05, 4.69) is 5.32 Å². The maximum Gasteiger partial charge on any atom is 0.0472 e. The molecule has 2 fully saturated rings. The Morgan fingerprint density at radius 3 is 2.54 bits per heavy atom. The van der Waals surface area contributed by atoms with Gasteiger partial charge in [-0.15, -0.1) is 0 Å². The second-order valence-corrected chi connectivity index (χ2v) is 4.47. The van der Waals surface area contributed by atoms with Crippen molar-refractivity contribution in [2.45, 2.75) is 31.7 Å². The number of nitrogens with two attached hydrogens (primary N) is 1. The molecule has 3 nitrogen and oxygen atoms in total. The zero-order valence-corrected chi connectivity index (χ0v) is 8.22. The SMILES string of the molecule is NCC1(CNC2CC2)CCOCC1. The summed E-state index contributed by atoms with van der Waals surface area (Å²) in [5.41, 5.74) is 6.18. The molecule has 3 heteroatoms. The van der Waals surface area contributed by atoms with Crippen LogP contribution in [0.25, 0.3) is 0 Å². The first-order chi connectivity index (χ1) is 6.35. The summed E-state index contributed by atoms with van der Waals surface area (Å²) in [6.07, 6.45) is 4.97. The molecule has 0 bridgehead atoms. The quantitative estimate of drug-likeness (QED) is 0.668. The van der Waals surface area contributed by atoms with E-state index in [4.69, 9.17) is 10.5 Å². The van der Waals surface area contributed by atoms with Gasteiger partial charge in [-0.2, -0.15) is 0 Å². The van der Waals surface area contributed by atoms with Crippen LogP contribution in [0.5, 0.6) is 0 Å². The first-order valence-corrected chi connectivity index (χ1v) is 5.36. The van der Waals surface area contributed by atoms with Crippen molar-refractivity contribution in [3.8, 4) is 0 Å². The van der Waals surface area contributed by atoms with Crippen molar-refractivity contribution in [1.82, 2.24) is 5.32 Å². The number of hydrogen-bond acceptors (Lipinski definition) is 3. The zero-order chi connectivity index (χ0) is 9.15. The molecule has 1 heterocycles. The molecule has 2 rings (SSSR count). The maximum absolute atomic E-state index is 5.85. The fourth-order valence-electron chi connectivity index (χ4n) is 1.91. The molecule has 0 atom stereocenters. The molecule has 0 aromatic carbocycles. The molecule has 76 valence electrons. The van der Waals surface area contributed by atoms with E-state index in [0.717, 1.165) is 45.2 Å². The smallest absolute Gasteiger partial charge is 0.0472 e. The maximum atomic E-state index is 5.85. The van der Waals surface area contributed by atoms with Crippen LogP contribution < -0.4 is 11.1 Å². The Morgan fingerprint density at radius 2 is 2.00 bits per heavy atom. The fraction of sp³-hybridized carbons (Fsp3) is 1.00. The minimum atomic E-state index is 0.334. The number of hydrogen-bond donors (Lipinski definition) is 2. The molecule has 1 saturated carbocycles. The second-order valence-electron chi connectivity index (χ2n) is 4.47. The lowest BCUT2D eigenvalue weighted by atomic mass is 9.80. The minimum absolute atomic E-state index is 0.334. The molecular weight excluding hydrogens is 164 g/mol. The Hall–Kier alpha value is -0.120. The summed E-state index contributed by atoms with van der Waals surface area (Å²) >= 11 is 0. The predicted molar refractivity (Wildman–Crippen MR) is 52.6 cm³/mol. The van der Waals surface area contributed by atoms with E-state index in [1.165, 1.54) is 12.8 Å². The fourth-order valence-corrected chi connectivity index (χ4v) is 1.91. The normalized spacial score (nSPS) is 27.5. The van der Waals surface area contributed by atoms with Crippen LogP contribution in [0.4, 0.5) is 0 Å². The van der Waals surface area contributed by atoms with E-state index in [1.807, 2.05) is 0 Å². The van der Waals surface area contributed by atoms with Crippen molar-refractivity contribution in [2.75, 3.05) is 26.3 Å². The average molecular weight is 184 g/mol. The Labute approximate surface area is 80.0 Å². The van der Waals surface area contributed by atoms with Crippen molar-refractivity contribution in [1.29, 1.82) is 0 Å². The molecule has 1 aliphatic heterocycles. The van der Waals surface area contributed by atoms with Gasteiger partial charge in [0, 0.05) is 25.8 Å². The standard InChI is InChI=1S/C10H20N2O/c11-7-10(3-5-13-6-4-10)8-12-9-1-2-9/h9,12H,1-8,11H2. The lowest BCUT2D eigenvalue weighted by Gasteiger charge is -2.36. The summed E-state index contributed by atoms with van der Waals surface area (Å²) in [5.74, 6) is 0.